The Hall–Kier alpha value is -5.98. The van der Waals surface area contributed by atoms with Gasteiger partial charge >= 0.3 is 11.9 Å². The summed E-state index contributed by atoms with van der Waals surface area (Å²) in [6.45, 7) is 15.7. The highest BCUT2D eigenvalue weighted by Gasteiger charge is 2.08. The summed E-state index contributed by atoms with van der Waals surface area (Å²) in [7, 11) is 0. The van der Waals surface area contributed by atoms with Crippen molar-refractivity contribution in [3.8, 4) is 46.3 Å². The second-order valence-corrected chi connectivity index (χ2v) is 11.0. The number of benzene rings is 4. The summed E-state index contributed by atoms with van der Waals surface area (Å²) in [5, 5.41) is 0. The first-order valence-electron chi connectivity index (χ1n) is 15.5. The normalized spacial score (nSPS) is 10.0. The Morgan fingerprint density at radius 1 is 0.542 bits per heavy atom. The van der Waals surface area contributed by atoms with Gasteiger partial charge in [0.25, 0.3) is 0 Å². The molecule has 0 fully saturated rings. The average Bonchev–Trinajstić information content (AvgIpc) is 3.08. The van der Waals surface area contributed by atoms with Gasteiger partial charge in [0.1, 0.15) is 37.9 Å². The lowest BCUT2D eigenvalue weighted by Gasteiger charge is -2.11. The van der Waals surface area contributed by atoms with Crippen LogP contribution in [0.1, 0.15) is 44.5 Å². The Balaban J connectivity index is 1.38. The molecule has 0 heterocycles. The van der Waals surface area contributed by atoms with E-state index in [0.717, 1.165) is 73.7 Å². The molecule has 48 heavy (non-hydrogen) atoms. The van der Waals surface area contributed by atoms with Crippen molar-refractivity contribution in [1.29, 1.82) is 0 Å². The van der Waals surface area contributed by atoms with Crippen LogP contribution in [-0.2, 0) is 19.1 Å². The van der Waals surface area contributed by atoms with Gasteiger partial charge < -0.3 is 18.9 Å². The molecule has 0 bridgehead atoms. The predicted octanol–water partition coefficient (Wildman–Crippen LogP) is 7.60. The number of carbonyl (C=O) groups excluding carboxylic acids is 2. The molecule has 0 aliphatic carbocycles. The largest absolute Gasteiger partial charge is 0.490 e. The fraction of sp³-hybridized carbons (Fsp3) is 0.190. The first-order chi connectivity index (χ1) is 23.2. The third-order valence-electron chi connectivity index (χ3n) is 7.26. The Morgan fingerprint density at radius 2 is 0.938 bits per heavy atom. The zero-order valence-corrected chi connectivity index (χ0v) is 27.8. The summed E-state index contributed by atoms with van der Waals surface area (Å²) >= 11 is 0. The third kappa shape index (κ3) is 10.0. The molecule has 0 N–H and O–H groups in total. The SMILES string of the molecule is C=CC(=O)OCCOc1ccc(C#Cc2ccc(-c3c(C)cc(C#Cc4ccc(OCCOC(=O)C=C)c(C)c4)cc3C)cc2)cc1C. The van der Waals surface area contributed by atoms with Crippen LogP contribution in [0.5, 0.6) is 11.5 Å². The summed E-state index contributed by atoms with van der Waals surface area (Å²) in [6, 6.07) is 24.0. The van der Waals surface area contributed by atoms with Crippen LogP contribution in [0.4, 0.5) is 0 Å². The van der Waals surface area contributed by atoms with Crippen molar-refractivity contribution in [2.24, 2.45) is 0 Å². The Labute approximate surface area is 283 Å². The fourth-order valence-electron chi connectivity index (χ4n) is 4.98. The molecule has 0 spiro atoms. The van der Waals surface area contributed by atoms with Crippen molar-refractivity contribution in [3.05, 3.63) is 143 Å². The molecule has 0 aromatic heterocycles. The van der Waals surface area contributed by atoms with E-state index >= 15 is 0 Å². The Morgan fingerprint density at radius 3 is 1.38 bits per heavy atom. The number of ether oxygens (including phenoxy) is 4. The third-order valence-corrected chi connectivity index (χ3v) is 7.26. The molecule has 0 aliphatic heterocycles. The smallest absolute Gasteiger partial charge is 0.330 e. The van der Waals surface area contributed by atoms with Gasteiger partial charge in [-0.2, -0.15) is 0 Å². The van der Waals surface area contributed by atoms with Gasteiger partial charge in [0.2, 0.25) is 0 Å². The van der Waals surface area contributed by atoms with Gasteiger partial charge in [-0.3, -0.25) is 0 Å². The number of hydrogen-bond acceptors (Lipinski definition) is 6. The molecule has 0 atom stereocenters. The summed E-state index contributed by atoms with van der Waals surface area (Å²) in [6.07, 6.45) is 2.26. The molecule has 242 valence electrons. The standard InChI is InChI=1S/C42H38O6/c1-7-40(43)47-23-21-45-38-19-15-34(25-29(38)3)10-9-33-13-17-37(18-14-33)42-31(5)27-36(28-32(42)6)12-11-35-16-20-39(30(4)26-35)46-22-24-48-41(44)8-2/h7-8,13-20,25-28H,1-2,21-24H2,3-6H3. The molecule has 4 rings (SSSR count). The predicted molar refractivity (Wildman–Crippen MR) is 189 cm³/mol. The zero-order valence-electron chi connectivity index (χ0n) is 27.8. The lowest BCUT2D eigenvalue weighted by molar-refractivity contribution is -0.139. The second-order valence-electron chi connectivity index (χ2n) is 11.0. The highest BCUT2D eigenvalue weighted by atomic mass is 16.6. The van der Waals surface area contributed by atoms with Gasteiger partial charge in [0, 0.05) is 34.4 Å². The van der Waals surface area contributed by atoms with E-state index in [0.29, 0.717) is 0 Å². The molecule has 0 saturated carbocycles. The molecular formula is C42H38O6. The van der Waals surface area contributed by atoms with E-state index in [9.17, 15) is 9.59 Å². The molecule has 4 aromatic carbocycles. The summed E-state index contributed by atoms with van der Waals surface area (Å²) < 4.78 is 21.3. The van der Waals surface area contributed by atoms with Crippen molar-refractivity contribution in [2.75, 3.05) is 26.4 Å². The maximum Gasteiger partial charge on any atom is 0.330 e. The molecule has 0 amide bonds. The topological polar surface area (TPSA) is 71.1 Å². The van der Waals surface area contributed by atoms with Crippen LogP contribution in [0.15, 0.2) is 98.1 Å². The first-order valence-corrected chi connectivity index (χ1v) is 15.5. The maximum atomic E-state index is 11.2. The maximum absolute atomic E-state index is 11.2. The molecule has 0 radical (unpaired) electrons. The number of aryl methyl sites for hydroxylation is 4. The van der Waals surface area contributed by atoms with Crippen LogP contribution < -0.4 is 9.47 Å². The van der Waals surface area contributed by atoms with Crippen LogP contribution in [-0.4, -0.2) is 38.4 Å². The lowest BCUT2D eigenvalue weighted by atomic mass is 9.93. The highest BCUT2D eigenvalue weighted by Crippen LogP contribution is 2.29. The average molecular weight is 639 g/mol. The summed E-state index contributed by atoms with van der Waals surface area (Å²) in [4.78, 5) is 22.3. The van der Waals surface area contributed by atoms with Gasteiger partial charge in [-0.25, -0.2) is 9.59 Å². The molecule has 6 nitrogen and oxygen atoms in total. The molecule has 0 saturated heterocycles. The van der Waals surface area contributed by atoms with Crippen molar-refractivity contribution >= 4 is 11.9 Å². The van der Waals surface area contributed by atoms with Gasteiger partial charge in [0.05, 0.1) is 0 Å². The Kier molecular flexibility index (Phi) is 12.4. The van der Waals surface area contributed by atoms with Crippen LogP contribution in [0.2, 0.25) is 0 Å². The van der Waals surface area contributed by atoms with Crippen LogP contribution in [0, 0.1) is 51.4 Å². The monoisotopic (exact) mass is 638 g/mol. The van der Waals surface area contributed by atoms with E-state index in [1.54, 1.807) is 0 Å². The second kappa shape index (κ2) is 17.1. The van der Waals surface area contributed by atoms with Crippen molar-refractivity contribution in [3.63, 3.8) is 0 Å². The number of rotatable bonds is 11. The van der Waals surface area contributed by atoms with E-state index in [1.165, 1.54) is 5.56 Å². The molecule has 4 aromatic rings. The number of carbonyl (C=O) groups is 2. The van der Waals surface area contributed by atoms with Gasteiger partial charge in [-0.05, 0) is 122 Å². The van der Waals surface area contributed by atoms with Crippen molar-refractivity contribution in [1.82, 2.24) is 0 Å². The Bertz CT molecular complexity index is 1920. The quantitative estimate of drug-likeness (QED) is 0.0729. The number of esters is 2. The molecular weight excluding hydrogens is 600 g/mol. The van der Waals surface area contributed by atoms with Gasteiger partial charge in [-0.15, -0.1) is 0 Å². The van der Waals surface area contributed by atoms with Crippen LogP contribution in [0.25, 0.3) is 11.1 Å². The lowest BCUT2D eigenvalue weighted by Crippen LogP contribution is -2.10. The molecule has 0 aliphatic rings. The van der Waals surface area contributed by atoms with Gasteiger partial charge in [-0.1, -0.05) is 49.0 Å². The van der Waals surface area contributed by atoms with E-state index in [-0.39, 0.29) is 26.4 Å². The van der Waals surface area contributed by atoms with E-state index < -0.39 is 11.9 Å². The minimum Gasteiger partial charge on any atom is -0.490 e. The molecule has 6 heteroatoms. The number of hydrogen-bond donors (Lipinski definition) is 0. The minimum absolute atomic E-state index is 0.159. The minimum atomic E-state index is -0.468. The van der Waals surface area contributed by atoms with Crippen molar-refractivity contribution in [2.45, 2.75) is 27.7 Å². The zero-order chi connectivity index (χ0) is 34.5. The molecule has 0 unspecified atom stereocenters. The first kappa shape index (κ1) is 34.9. The van der Waals surface area contributed by atoms with Crippen LogP contribution in [0.3, 0.4) is 0 Å². The van der Waals surface area contributed by atoms with Gasteiger partial charge in [0.15, 0.2) is 0 Å². The summed E-state index contributed by atoms with van der Waals surface area (Å²) in [5.41, 5.74) is 10.1. The van der Waals surface area contributed by atoms with Crippen molar-refractivity contribution < 1.29 is 28.5 Å². The van der Waals surface area contributed by atoms with Crippen LogP contribution >= 0.6 is 0 Å². The van der Waals surface area contributed by atoms with E-state index in [4.69, 9.17) is 18.9 Å². The van der Waals surface area contributed by atoms with E-state index in [2.05, 4.69) is 75.0 Å². The fourth-order valence-corrected chi connectivity index (χ4v) is 4.98. The summed E-state index contributed by atoms with van der Waals surface area (Å²) in [5.74, 6) is 13.6. The van der Waals surface area contributed by atoms with E-state index in [1.807, 2.05) is 62.4 Å². The highest BCUT2D eigenvalue weighted by molar-refractivity contribution is 5.81.